The fourth-order valence-electron chi connectivity index (χ4n) is 5.29. The first-order valence-electron chi connectivity index (χ1n) is 12.7. The van der Waals surface area contributed by atoms with Gasteiger partial charge in [-0.05, 0) is 47.9 Å². The minimum atomic E-state index is -1.57. The Balaban J connectivity index is 1.27. The van der Waals surface area contributed by atoms with E-state index in [1.54, 1.807) is 17.0 Å². The van der Waals surface area contributed by atoms with Gasteiger partial charge in [-0.1, -0.05) is 23.7 Å². The smallest absolute Gasteiger partial charge is 0.210 e. The molecule has 9 N–H and O–H groups in total. The molecule has 3 heterocycles. The molecule has 2 aliphatic rings. The van der Waals surface area contributed by atoms with Crippen molar-refractivity contribution in [1.29, 1.82) is 0 Å². The van der Waals surface area contributed by atoms with Crippen molar-refractivity contribution in [2.24, 2.45) is 11.6 Å². The summed E-state index contributed by atoms with van der Waals surface area (Å²) in [7, 11) is 0. The lowest BCUT2D eigenvalue weighted by atomic mass is 9.93. The second-order valence-electron chi connectivity index (χ2n) is 9.93. The van der Waals surface area contributed by atoms with Gasteiger partial charge in [0.05, 0.1) is 18.3 Å². The van der Waals surface area contributed by atoms with Crippen molar-refractivity contribution >= 4 is 28.9 Å². The van der Waals surface area contributed by atoms with Crippen LogP contribution in [0.25, 0.3) is 10.9 Å². The van der Waals surface area contributed by atoms with Gasteiger partial charge in [-0.3, -0.25) is 9.80 Å². The van der Waals surface area contributed by atoms with E-state index >= 15 is 0 Å². The number of ether oxygens (including phenoxy) is 2. The Morgan fingerprint density at radius 1 is 1.18 bits per heavy atom. The maximum atomic E-state index is 11.9. The highest BCUT2D eigenvalue weighted by Gasteiger charge is 2.45. The van der Waals surface area contributed by atoms with Crippen LogP contribution in [0.3, 0.4) is 0 Å². The van der Waals surface area contributed by atoms with E-state index in [0.717, 1.165) is 45.6 Å². The summed E-state index contributed by atoms with van der Waals surface area (Å²) in [6.07, 6.45) is -4.11. The van der Waals surface area contributed by atoms with Crippen LogP contribution in [0.4, 0.5) is 0 Å². The molecule has 6 atom stereocenters. The van der Waals surface area contributed by atoms with E-state index in [1.807, 2.05) is 30.3 Å². The first kappa shape index (κ1) is 28.2. The van der Waals surface area contributed by atoms with Gasteiger partial charge >= 0.3 is 0 Å². The minimum absolute atomic E-state index is 0.0543. The first-order chi connectivity index (χ1) is 19.2. The van der Waals surface area contributed by atoms with Gasteiger partial charge in [0.15, 0.2) is 6.23 Å². The number of benzene rings is 2. The number of H-pyrrole nitrogens is 1. The molecule has 1 aromatic heterocycles. The molecule has 2 aromatic carbocycles. The summed E-state index contributed by atoms with van der Waals surface area (Å²) in [6.45, 7) is -0.0550. The van der Waals surface area contributed by atoms with E-state index in [0.29, 0.717) is 17.3 Å². The summed E-state index contributed by atoms with van der Waals surface area (Å²) in [5.74, 6) is 6.48. The number of aromatic amines is 1. The van der Waals surface area contributed by atoms with Crippen molar-refractivity contribution in [1.82, 2.24) is 14.9 Å². The molecular weight excluding hydrogens is 542 g/mol. The number of hydrazine groups is 1. The number of aliphatic hydroxyl groups is 4. The van der Waals surface area contributed by atoms with Gasteiger partial charge in [0, 0.05) is 34.4 Å². The number of fused-ring (bicyclic) bond motifs is 3. The van der Waals surface area contributed by atoms with E-state index < -0.39 is 37.3 Å². The third-order valence-corrected chi connectivity index (χ3v) is 7.57. The highest BCUT2D eigenvalue weighted by atomic mass is 35.5. The summed E-state index contributed by atoms with van der Waals surface area (Å²) in [4.78, 5) is 17.2. The monoisotopic (exact) mass is 573 g/mol. The highest BCUT2D eigenvalue weighted by Crippen LogP contribution is 2.38. The lowest BCUT2D eigenvalue weighted by molar-refractivity contribution is -0.259. The SMILES string of the molecule is N/C(=C\N(N)C1OC(CO)C(O)C(O)C1O)COc1ccc(C2c3[nH]c4ccc(Cl)cc4c3CCN2C=O)cc1. The van der Waals surface area contributed by atoms with Crippen molar-refractivity contribution in [3.8, 4) is 5.75 Å². The lowest BCUT2D eigenvalue weighted by Gasteiger charge is -2.42. The Morgan fingerprint density at radius 2 is 1.93 bits per heavy atom. The number of carbonyl (C=O) groups is 1. The molecule has 3 aromatic rings. The number of hydrogen-bond donors (Lipinski definition) is 7. The molecule has 0 saturated carbocycles. The Bertz CT molecular complexity index is 1380. The normalized spacial score (nSPS) is 26.9. The zero-order valence-corrected chi connectivity index (χ0v) is 22.2. The Morgan fingerprint density at radius 3 is 2.62 bits per heavy atom. The maximum Gasteiger partial charge on any atom is 0.210 e. The first-order valence-corrected chi connectivity index (χ1v) is 13.1. The molecule has 0 bridgehead atoms. The predicted octanol–water partition coefficient (Wildman–Crippen LogP) is 0.0797. The number of aliphatic hydroxyl groups excluding tert-OH is 4. The van der Waals surface area contributed by atoms with Crippen LogP contribution in [0.1, 0.15) is 22.9 Å². The topological polar surface area (TPSA) is 191 Å². The van der Waals surface area contributed by atoms with E-state index in [1.165, 1.54) is 6.20 Å². The van der Waals surface area contributed by atoms with Crippen LogP contribution in [0.5, 0.6) is 5.75 Å². The average Bonchev–Trinajstić information content (AvgIpc) is 3.32. The van der Waals surface area contributed by atoms with Crippen LogP contribution in [-0.2, 0) is 16.0 Å². The van der Waals surface area contributed by atoms with E-state index in [-0.39, 0.29) is 18.3 Å². The minimum Gasteiger partial charge on any atom is -0.487 e. The van der Waals surface area contributed by atoms with Gasteiger partial charge in [-0.15, -0.1) is 0 Å². The molecule has 5 rings (SSSR count). The van der Waals surface area contributed by atoms with E-state index in [9.17, 15) is 25.2 Å². The fourth-order valence-corrected chi connectivity index (χ4v) is 5.47. The molecule has 2 aliphatic heterocycles. The van der Waals surface area contributed by atoms with Crippen LogP contribution in [-0.4, -0.2) is 92.1 Å². The molecule has 214 valence electrons. The summed E-state index contributed by atoms with van der Waals surface area (Å²) in [5.41, 5.74) is 10.2. The summed E-state index contributed by atoms with van der Waals surface area (Å²) in [6, 6.07) is 12.7. The number of rotatable bonds is 8. The summed E-state index contributed by atoms with van der Waals surface area (Å²) >= 11 is 6.23. The fraction of sp³-hybridized carbons (Fsp3) is 0.370. The zero-order chi connectivity index (χ0) is 28.6. The molecule has 1 saturated heterocycles. The van der Waals surface area contributed by atoms with Gasteiger partial charge in [0.25, 0.3) is 0 Å². The standard InChI is InChI=1S/C27H32ClN5O7/c28-15-3-6-20-19(9-15)18-7-8-32(13-35)23(22(18)31-20)14-1-4-17(5-2-14)39-12-16(29)10-33(30)27-26(38)25(37)24(36)21(11-34)40-27/h1-6,9-10,13,21,23-27,31,34,36-38H,7-8,11-12,29-30H2/b16-10-. The number of halogens is 1. The van der Waals surface area contributed by atoms with Crippen molar-refractivity contribution in [2.45, 2.75) is 43.1 Å². The molecule has 12 nitrogen and oxygen atoms in total. The van der Waals surface area contributed by atoms with Crippen molar-refractivity contribution in [3.63, 3.8) is 0 Å². The summed E-state index contributed by atoms with van der Waals surface area (Å²) < 4.78 is 11.2. The molecule has 13 heteroatoms. The van der Waals surface area contributed by atoms with Gasteiger partial charge in [0.1, 0.15) is 36.8 Å². The Labute approximate surface area is 234 Å². The summed E-state index contributed by atoms with van der Waals surface area (Å²) in [5, 5.41) is 42.1. The van der Waals surface area contributed by atoms with Crippen LogP contribution in [0.15, 0.2) is 54.4 Å². The van der Waals surface area contributed by atoms with Gasteiger partial charge in [0.2, 0.25) is 6.41 Å². The molecule has 1 fully saturated rings. The maximum absolute atomic E-state index is 11.9. The number of hydrogen-bond acceptors (Lipinski definition) is 10. The molecule has 6 unspecified atom stereocenters. The molecule has 0 spiro atoms. The second-order valence-corrected chi connectivity index (χ2v) is 10.4. The average molecular weight is 574 g/mol. The quantitative estimate of drug-likeness (QED) is 0.110. The number of carbonyl (C=O) groups excluding carboxylic acids is 1. The van der Waals surface area contributed by atoms with Crippen LogP contribution in [0, 0.1) is 0 Å². The third-order valence-electron chi connectivity index (χ3n) is 7.34. The number of nitrogens with one attached hydrogen (secondary N) is 1. The Hall–Kier alpha value is -3.36. The number of nitrogens with two attached hydrogens (primary N) is 2. The zero-order valence-electron chi connectivity index (χ0n) is 21.4. The van der Waals surface area contributed by atoms with E-state index in [2.05, 4.69) is 4.98 Å². The van der Waals surface area contributed by atoms with Gasteiger partial charge in [-0.25, -0.2) is 5.84 Å². The third kappa shape index (κ3) is 5.34. The molecule has 0 radical (unpaired) electrons. The largest absolute Gasteiger partial charge is 0.487 e. The van der Waals surface area contributed by atoms with Crippen molar-refractivity contribution in [3.05, 3.63) is 76.2 Å². The number of nitrogens with zero attached hydrogens (tertiary/aromatic N) is 2. The second kappa shape index (κ2) is 11.6. The van der Waals surface area contributed by atoms with Gasteiger partial charge in [-0.2, -0.15) is 0 Å². The van der Waals surface area contributed by atoms with Crippen molar-refractivity contribution in [2.75, 3.05) is 19.8 Å². The highest BCUT2D eigenvalue weighted by molar-refractivity contribution is 6.31. The number of amides is 1. The van der Waals surface area contributed by atoms with Crippen LogP contribution < -0.4 is 16.3 Å². The lowest BCUT2D eigenvalue weighted by Crippen LogP contribution is -2.63. The van der Waals surface area contributed by atoms with Gasteiger partial charge < -0.3 is 45.5 Å². The molecular formula is C27H32ClN5O7. The molecule has 0 aliphatic carbocycles. The van der Waals surface area contributed by atoms with E-state index in [4.69, 9.17) is 32.7 Å². The Kier molecular flexibility index (Phi) is 8.19. The van der Waals surface area contributed by atoms with Crippen LogP contribution in [0.2, 0.25) is 5.02 Å². The molecule has 40 heavy (non-hydrogen) atoms. The molecule has 1 amide bonds. The van der Waals surface area contributed by atoms with Crippen LogP contribution >= 0.6 is 11.6 Å². The number of aromatic nitrogens is 1. The van der Waals surface area contributed by atoms with Crippen molar-refractivity contribution < 1.29 is 34.7 Å². The predicted molar refractivity (Wildman–Crippen MR) is 146 cm³/mol.